The average molecular weight is 299 g/mol. The highest BCUT2D eigenvalue weighted by Crippen LogP contribution is 2.52. The minimum atomic E-state index is -0.790. The summed E-state index contributed by atoms with van der Waals surface area (Å²) in [7, 11) is 0. The zero-order valence-corrected chi connectivity index (χ0v) is 10.6. The number of hydrogen-bond donors (Lipinski definition) is 1. The van der Waals surface area contributed by atoms with Crippen LogP contribution in [-0.2, 0) is 10.2 Å². The summed E-state index contributed by atoms with van der Waals surface area (Å²) in [4.78, 5) is 11.5. The fourth-order valence-electron chi connectivity index (χ4n) is 2.46. The lowest BCUT2D eigenvalue weighted by molar-refractivity contribution is -0.147. The minimum absolute atomic E-state index is 0.161. The van der Waals surface area contributed by atoms with Crippen molar-refractivity contribution >= 4 is 21.9 Å². The molecule has 3 rings (SSSR count). The molecule has 0 aromatic heterocycles. The summed E-state index contributed by atoms with van der Waals surface area (Å²) in [6, 6.07) is 3.64. The predicted molar refractivity (Wildman–Crippen MR) is 63.4 cm³/mol. The SMILES string of the molecule is O=C(O)C1(c2cc(Br)cc3c2OCO3)CCC1. The molecule has 4 nitrogen and oxygen atoms in total. The molecule has 1 heterocycles. The lowest BCUT2D eigenvalue weighted by atomic mass is 9.64. The van der Waals surface area contributed by atoms with Crippen molar-refractivity contribution in [1.29, 1.82) is 0 Å². The summed E-state index contributed by atoms with van der Waals surface area (Å²) in [6.45, 7) is 0.161. The van der Waals surface area contributed by atoms with Gasteiger partial charge in [-0.1, -0.05) is 22.4 Å². The highest BCUT2D eigenvalue weighted by molar-refractivity contribution is 9.10. The summed E-state index contributed by atoms with van der Waals surface area (Å²) in [5.74, 6) is 0.441. The molecule has 0 saturated heterocycles. The molecule has 17 heavy (non-hydrogen) atoms. The Labute approximate surface area is 107 Å². The van der Waals surface area contributed by atoms with Crippen molar-refractivity contribution in [3.05, 3.63) is 22.2 Å². The van der Waals surface area contributed by atoms with E-state index in [1.54, 1.807) is 6.07 Å². The standard InChI is InChI=1S/C12H11BrO4/c13-7-4-8(10-9(5-7)16-6-17-10)12(11(14)15)2-1-3-12/h4-5H,1-3,6H2,(H,14,15). The number of rotatable bonds is 2. The monoisotopic (exact) mass is 298 g/mol. The van der Waals surface area contributed by atoms with E-state index in [-0.39, 0.29) is 6.79 Å². The van der Waals surface area contributed by atoms with E-state index in [1.165, 1.54) is 0 Å². The molecular weight excluding hydrogens is 288 g/mol. The molecule has 1 saturated carbocycles. The van der Waals surface area contributed by atoms with Crippen molar-refractivity contribution in [2.45, 2.75) is 24.7 Å². The van der Waals surface area contributed by atoms with Crippen LogP contribution >= 0.6 is 15.9 Å². The molecule has 5 heteroatoms. The van der Waals surface area contributed by atoms with Gasteiger partial charge in [0.1, 0.15) is 0 Å². The van der Waals surface area contributed by atoms with Crippen LogP contribution < -0.4 is 9.47 Å². The Kier molecular flexibility index (Phi) is 2.33. The van der Waals surface area contributed by atoms with E-state index in [0.29, 0.717) is 24.3 Å². The molecule has 0 spiro atoms. The van der Waals surface area contributed by atoms with Gasteiger partial charge in [0.25, 0.3) is 0 Å². The second kappa shape index (κ2) is 3.63. The smallest absolute Gasteiger partial charge is 0.314 e. The van der Waals surface area contributed by atoms with Crippen LogP contribution in [0.1, 0.15) is 24.8 Å². The maximum atomic E-state index is 11.5. The Hall–Kier alpha value is -1.23. The summed E-state index contributed by atoms with van der Waals surface area (Å²) in [5.41, 5.74) is -0.0557. The largest absolute Gasteiger partial charge is 0.481 e. The molecular formula is C12H11BrO4. The molecule has 1 aromatic carbocycles. The van der Waals surface area contributed by atoms with Gasteiger partial charge in [-0.2, -0.15) is 0 Å². The van der Waals surface area contributed by atoms with Crippen LogP contribution in [0, 0.1) is 0 Å². The number of hydrogen-bond acceptors (Lipinski definition) is 3. The van der Waals surface area contributed by atoms with Crippen LogP contribution in [0.25, 0.3) is 0 Å². The van der Waals surface area contributed by atoms with Gasteiger partial charge in [0.05, 0.1) is 5.41 Å². The van der Waals surface area contributed by atoms with E-state index in [2.05, 4.69) is 15.9 Å². The fourth-order valence-corrected chi connectivity index (χ4v) is 2.90. The molecule has 1 aliphatic heterocycles. The van der Waals surface area contributed by atoms with Gasteiger partial charge in [-0.15, -0.1) is 0 Å². The van der Waals surface area contributed by atoms with Gasteiger partial charge < -0.3 is 14.6 Å². The van der Waals surface area contributed by atoms with E-state index in [4.69, 9.17) is 9.47 Å². The zero-order chi connectivity index (χ0) is 12.0. The van der Waals surface area contributed by atoms with Crippen molar-refractivity contribution in [2.24, 2.45) is 0 Å². The maximum Gasteiger partial charge on any atom is 0.314 e. The third kappa shape index (κ3) is 1.45. The normalized spacial score (nSPS) is 19.8. The Morgan fingerprint density at radius 3 is 2.71 bits per heavy atom. The average Bonchev–Trinajstić information content (AvgIpc) is 2.62. The third-order valence-corrected chi connectivity index (χ3v) is 4.03. The van der Waals surface area contributed by atoms with Crippen LogP contribution in [0.4, 0.5) is 0 Å². The number of carboxylic acid groups (broad SMARTS) is 1. The molecule has 1 aromatic rings. The minimum Gasteiger partial charge on any atom is -0.481 e. The van der Waals surface area contributed by atoms with Crippen molar-refractivity contribution in [3.8, 4) is 11.5 Å². The fraction of sp³-hybridized carbons (Fsp3) is 0.417. The molecule has 90 valence electrons. The number of fused-ring (bicyclic) bond motifs is 1. The van der Waals surface area contributed by atoms with Crippen LogP contribution in [0.3, 0.4) is 0 Å². The van der Waals surface area contributed by atoms with Gasteiger partial charge in [0.2, 0.25) is 6.79 Å². The van der Waals surface area contributed by atoms with E-state index in [0.717, 1.165) is 16.5 Å². The Balaban J connectivity index is 2.17. The number of halogens is 1. The molecule has 0 atom stereocenters. The first kappa shape index (κ1) is 10.9. The second-order valence-corrected chi connectivity index (χ2v) is 5.34. The number of carboxylic acids is 1. The molecule has 0 unspecified atom stereocenters. The molecule has 0 amide bonds. The van der Waals surface area contributed by atoms with Crippen molar-refractivity contribution < 1.29 is 19.4 Å². The molecule has 2 aliphatic rings. The predicted octanol–water partition coefficient (Wildman–Crippen LogP) is 2.68. The summed E-state index contributed by atoms with van der Waals surface area (Å²) < 4.78 is 11.6. The van der Waals surface area contributed by atoms with Crippen molar-refractivity contribution in [3.63, 3.8) is 0 Å². The Morgan fingerprint density at radius 2 is 2.12 bits per heavy atom. The first-order valence-corrected chi connectivity index (χ1v) is 6.26. The van der Waals surface area contributed by atoms with Gasteiger partial charge in [-0.3, -0.25) is 4.79 Å². The van der Waals surface area contributed by atoms with Crippen LogP contribution in [0.2, 0.25) is 0 Å². The highest BCUT2D eigenvalue weighted by atomic mass is 79.9. The van der Waals surface area contributed by atoms with E-state index < -0.39 is 11.4 Å². The van der Waals surface area contributed by atoms with Crippen LogP contribution in [0.5, 0.6) is 11.5 Å². The van der Waals surface area contributed by atoms with Gasteiger partial charge in [-0.25, -0.2) is 0 Å². The highest BCUT2D eigenvalue weighted by Gasteiger charge is 2.49. The Bertz CT molecular complexity index is 494. The second-order valence-electron chi connectivity index (χ2n) is 4.43. The number of ether oxygens (including phenoxy) is 2. The topological polar surface area (TPSA) is 55.8 Å². The molecule has 1 N–H and O–H groups in total. The lowest BCUT2D eigenvalue weighted by Crippen LogP contribution is -2.42. The molecule has 1 aliphatic carbocycles. The van der Waals surface area contributed by atoms with E-state index in [1.807, 2.05) is 6.07 Å². The summed E-state index contributed by atoms with van der Waals surface area (Å²) in [5, 5.41) is 9.45. The molecule has 1 fully saturated rings. The number of aliphatic carboxylic acids is 1. The van der Waals surface area contributed by atoms with Crippen molar-refractivity contribution in [2.75, 3.05) is 6.79 Å². The van der Waals surface area contributed by atoms with Crippen LogP contribution in [-0.4, -0.2) is 17.9 Å². The first-order valence-electron chi connectivity index (χ1n) is 5.46. The first-order chi connectivity index (χ1) is 8.13. The van der Waals surface area contributed by atoms with Gasteiger partial charge in [0.15, 0.2) is 11.5 Å². The third-order valence-electron chi connectivity index (χ3n) is 3.57. The number of carbonyl (C=O) groups is 1. The quantitative estimate of drug-likeness (QED) is 0.912. The molecule has 0 radical (unpaired) electrons. The van der Waals surface area contributed by atoms with Gasteiger partial charge in [-0.05, 0) is 25.0 Å². The molecule has 0 bridgehead atoms. The number of benzene rings is 1. The summed E-state index contributed by atoms with van der Waals surface area (Å²) >= 11 is 3.38. The lowest BCUT2D eigenvalue weighted by Gasteiger charge is -2.38. The summed E-state index contributed by atoms with van der Waals surface area (Å²) in [6.07, 6.45) is 2.26. The van der Waals surface area contributed by atoms with E-state index in [9.17, 15) is 9.90 Å². The van der Waals surface area contributed by atoms with E-state index >= 15 is 0 Å². The van der Waals surface area contributed by atoms with Crippen LogP contribution in [0.15, 0.2) is 16.6 Å². The van der Waals surface area contributed by atoms with Gasteiger partial charge in [0, 0.05) is 10.0 Å². The van der Waals surface area contributed by atoms with Crippen molar-refractivity contribution in [1.82, 2.24) is 0 Å². The Morgan fingerprint density at radius 1 is 1.35 bits per heavy atom. The zero-order valence-electron chi connectivity index (χ0n) is 9.03. The maximum absolute atomic E-state index is 11.5. The van der Waals surface area contributed by atoms with Gasteiger partial charge >= 0.3 is 5.97 Å².